The second-order valence-corrected chi connectivity index (χ2v) is 12.3. The molecule has 0 unspecified atom stereocenters. The maximum Gasteiger partial charge on any atom is 0.170 e. The fraction of sp³-hybridized carbons (Fsp3) is 0.317. The number of halogens is 1. The molecule has 1 radical (unpaired) electrons. The summed E-state index contributed by atoms with van der Waals surface area (Å²) >= 11 is 0. The first-order chi connectivity index (χ1) is 22.2. The summed E-state index contributed by atoms with van der Waals surface area (Å²) in [6.07, 6.45) is 6.66. The number of rotatable bonds is 9. The molecule has 0 spiro atoms. The van der Waals surface area contributed by atoms with Crippen molar-refractivity contribution >= 4 is 49.3 Å². The summed E-state index contributed by atoms with van der Waals surface area (Å²) in [6.45, 7) is 12.5. The van der Waals surface area contributed by atoms with Gasteiger partial charge in [0.1, 0.15) is 5.58 Å². The van der Waals surface area contributed by atoms with Crippen molar-refractivity contribution in [2.45, 2.75) is 73.1 Å². The van der Waals surface area contributed by atoms with Gasteiger partial charge in [0.2, 0.25) is 0 Å². The van der Waals surface area contributed by atoms with Crippen LogP contribution in [0.15, 0.2) is 89.2 Å². The summed E-state index contributed by atoms with van der Waals surface area (Å²) in [4.78, 5) is 16.3. The summed E-state index contributed by atoms with van der Waals surface area (Å²) in [5, 5.41) is 16.1. The number of pyridine rings is 1. The van der Waals surface area contributed by atoms with E-state index in [9.17, 15) is 14.3 Å². The standard InChI is InChI=1S/C28H19FNO.C13H24O2.Ir/c1-16(2)23-15-19(14-18-11-10-17-6-3-4-7-20(17)25(18)23)26-28-22(12-13-30-26)21-8-5-9-24(29)27(21)31-28;1-5-10(6-2)12(14)9-13(15)11(7-3)8-4;/h3-13,15-16H,1-2H3;9-11,14H,5-8H2,1-4H3;/q-1;;/b;12-9-;. The molecule has 2 aromatic heterocycles. The first-order valence-corrected chi connectivity index (χ1v) is 16.5. The van der Waals surface area contributed by atoms with Crippen molar-refractivity contribution in [1.82, 2.24) is 4.98 Å². The molecule has 0 saturated heterocycles. The minimum Gasteiger partial charge on any atom is -0.512 e. The van der Waals surface area contributed by atoms with Gasteiger partial charge in [-0.15, -0.1) is 29.1 Å². The third-order valence-electron chi connectivity index (χ3n) is 9.11. The van der Waals surface area contributed by atoms with Crippen molar-refractivity contribution in [3.8, 4) is 11.3 Å². The van der Waals surface area contributed by atoms with E-state index in [1.807, 2.05) is 39.8 Å². The van der Waals surface area contributed by atoms with Crippen LogP contribution in [0, 0.1) is 23.7 Å². The van der Waals surface area contributed by atoms with Crippen molar-refractivity contribution in [3.05, 3.63) is 102 Å². The summed E-state index contributed by atoms with van der Waals surface area (Å²) in [6, 6.07) is 25.3. The fourth-order valence-corrected chi connectivity index (χ4v) is 6.34. The number of hydrogen-bond donors (Lipinski definition) is 1. The number of aromatic nitrogens is 1. The molecule has 6 heteroatoms. The molecule has 6 aromatic rings. The average molecular weight is 809 g/mol. The molecule has 0 saturated carbocycles. The van der Waals surface area contributed by atoms with E-state index in [4.69, 9.17) is 4.42 Å². The normalized spacial score (nSPS) is 11.9. The Morgan fingerprint density at radius 1 is 0.872 bits per heavy atom. The Labute approximate surface area is 290 Å². The number of aliphatic hydroxyl groups excluding tert-OH is 1. The average Bonchev–Trinajstić information content (AvgIpc) is 3.46. The van der Waals surface area contributed by atoms with Crippen molar-refractivity contribution in [3.63, 3.8) is 0 Å². The second-order valence-electron chi connectivity index (χ2n) is 12.3. The van der Waals surface area contributed by atoms with Gasteiger partial charge in [-0.25, -0.2) is 4.39 Å². The minimum absolute atomic E-state index is 0. The van der Waals surface area contributed by atoms with Gasteiger partial charge in [-0.2, -0.15) is 0 Å². The van der Waals surface area contributed by atoms with Crippen LogP contribution in [-0.2, 0) is 24.9 Å². The largest absolute Gasteiger partial charge is 0.512 e. The van der Waals surface area contributed by atoms with Gasteiger partial charge in [0.15, 0.2) is 17.2 Å². The minimum atomic E-state index is -0.364. The van der Waals surface area contributed by atoms with Gasteiger partial charge in [0.25, 0.3) is 0 Å². The molecule has 0 bridgehead atoms. The zero-order chi connectivity index (χ0) is 33.0. The molecule has 0 aliphatic heterocycles. The van der Waals surface area contributed by atoms with Gasteiger partial charge in [-0.3, -0.25) is 9.78 Å². The Morgan fingerprint density at radius 3 is 2.21 bits per heavy atom. The Hall–Kier alpha value is -3.86. The maximum atomic E-state index is 14.4. The first kappa shape index (κ1) is 36.0. The Kier molecular flexibility index (Phi) is 12.1. The monoisotopic (exact) mass is 809 g/mol. The number of hydrogen-bond acceptors (Lipinski definition) is 4. The third-order valence-corrected chi connectivity index (χ3v) is 9.11. The topological polar surface area (TPSA) is 63.3 Å². The molecule has 0 aliphatic carbocycles. The van der Waals surface area contributed by atoms with Gasteiger partial charge in [0.05, 0.1) is 5.76 Å². The van der Waals surface area contributed by atoms with Gasteiger partial charge in [-0.05, 0) is 54.5 Å². The molecule has 4 nitrogen and oxygen atoms in total. The van der Waals surface area contributed by atoms with Gasteiger partial charge in [0, 0.05) is 60.7 Å². The maximum absolute atomic E-state index is 14.4. The molecular formula is C41H43FIrNO3-. The Morgan fingerprint density at radius 2 is 1.53 bits per heavy atom. The zero-order valence-corrected chi connectivity index (χ0v) is 30.4. The number of carbonyl (C=O) groups excluding carboxylic acids is 1. The van der Waals surface area contributed by atoms with Crippen molar-refractivity contribution < 1.29 is 38.8 Å². The van der Waals surface area contributed by atoms with Crippen LogP contribution in [0.1, 0.15) is 78.7 Å². The molecule has 4 aromatic carbocycles. The van der Waals surface area contributed by atoms with Crippen LogP contribution in [0.25, 0.3) is 54.7 Å². The summed E-state index contributed by atoms with van der Waals surface area (Å²) in [5.74, 6) is 0.497. The van der Waals surface area contributed by atoms with E-state index in [2.05, 4.69) is 67.4 Å². The van der Waals surface area contributed by atoms with Crippen LogP contribution in [0.3, 0.4) is 0 Å². The quantitative estimate of drug-likeness (QED) is 0.0684. The molecular weight excluding hydrogens is 766 g/mol. The third kappa shape index (κ3) is 7.35. The van der Waals surface area contributed by atoms with Gasteiger partial charge in [-0.1, -0.05) is 95.0 Å². The Bertz CT molecular complexity index is 2040. The first-order valence-electron chi connectivity index (χ1n) is 16.5. The molecule has 47 heavy (non-hydrogen) atoms. The number of fused-ring (bicyclic) bond motifs is 6. The molecule has 1 N–H and O–H groups in total. The van der Waals surface area contributed by atoms with Crippen LogP contribution in [-0.4, -0.2) is 15.9 Å². The van der Waals surface area contributed by atoms with Crippen molar-refractivity contribution in [1.29, 1.82) is 0 Å². The molecule has 0 amide bonds. The molecule has 0 aliphatic rings. The van der Waals surface area contributed by atoms with Crippen LogP contribution >= 0.6 is 0 Å². The SMILES string of the molecule is CC(C)c1cc(-c2nccc3c2oc2c(F)cccc23)[c-]c2ccc3ccccc3c12.CCC(CC)C(=O)/C=C(\O)C(CC)CC.[Ir]. The summed E-state index contributed by atoms with van der Waals surface area (Å²) in [7, 11) is 0. The number of ketones is 1. The van der Waals surface area contributed by atoms with E-state index < -0.39 is 0 Å². The van der Waals surface area contributed by atoms with Gasteiger partial charge >= 0.3 is 0 Å². The molecule has 0 atom stereocenters. The molecule has 247 valence electrons. The Balaban J connectivity index is 0.000000269. The van der Waals surface area contributed by atoms with Gasteiger partial charge < -0.3 is 9.52 Å². The second kappa shape index (κ2) is 15.8. The number of benzene rings is 4. The van der Waals surface area contributed by atoms with E-state index in [1.165, 1.54) is 33.9 Å². The van der Waals surface area contributed by atoms with E-state index in [-0.39, 0.29) is 54.9 Å². The van der Waals surface area contributed by atoms with Crippen molar-refractivity contribution in [2.75, 3.05) is 0 Å². The van der Waals surface area contributed by atoms with E-state index in [0.29, 0.717) is 17.2 Å². The van der Waals surface area contributed by atoms with Crippen LogP contribution in [0.2, 0.25) is 0 Å². The van der Waals surface area contributed by atoms with Crippen LogP contribution in [0.5, 0.6) is 0 Å². The number of nitrogens with zero attached hydrogens (tertiary/aromatic N) is 1. The molecule has 6 rings (SSSR count). The van der Waals surface area contributed by atoms with Crippen molar-refractivity contribution in [2.24, 2.45) is 11.8 Å². The van der Waals surface area contributed by atoms with Crippen LogP contribution < -0.4 is 0 Å². The molecule has 2 heterocycles. The fourth-order valence-electron chi connectivity index (χ4n) is 6.34. The predicted molar refractivity (Wildman–Crippen MR) is 189 cm³/mol. The summed E-state index contributed by atoms with van der Waals surface area (Å²) < 4.78 is 20.4. The smallest absolute Gasteiger partial charge is 0.170 e. The van der Waals surface area contributed by atoms with E-state index >= 15 is 0 Å². The van der Waals surface area contributed by atoms with E-state index in [1.54, 1.807) is 12.3 Å². The number of furan rings is 1. The van der Waals surface area contributed by atoms with E-state index in [0.717, 1.165) is 47.4 Å². The zero-order valence-electron chi connectivity index (χ0n) is 28.0. The number of allylic oxidation sites excluding steroid dienone is 2. The number of aliphatic hydroxyl groups is 1. The van der Waals surface area contributed by atoms with Crippen LogP contribution in [0.4, 0.5) is 4.39 Å². The number of carbonyl (C=O) groups is 1. The predicted octanol–water partition coefficient (Wildman–Crippen LogP) is 11.9. The molecule has 0 fully saturated rings. The number of para-hydroxylation sites is 1. The summed E-state index contributed by atoms with van der Waals surface area (Å²) in [5.41, 5.74) is 3.64.